The smallest absolute Gasteiger partial charge is 0.312 e. The number of hydrogen-bond acceptors (Lipinski definition) is 3. The van der Waals surface area contributed by atoms with Crippen molar-refractivity contribution in [2.45, 2.75) is 44.3 Å². The van der Waals surface area contributed by atoms with Crippen molar-refractivity contribution in [3.8, 4) is 11.8 Å². The van der Waals surface area contributed by atoms with Gasteiger partial charge in [-0.3, -0.25) is 4.68 Å². The first-order valence-electron chi connectivity index (χ1n) is 10.1. The van der Waals surface area contributed by atoms with E-state index in [2.05, 4.69) is 27.6 Å². The van der Waals surface area contributed by atoms with Gasteiger partial charge in [0, 0.05) is 42.4 Å². The first kappa shape index (κ1) is 21.2. The quantitative estimate of drug-likeness (QED) is 0.712. The maximum atomic E-state index is 15.0. The molecule has 4 rings (SSSR count). The average molecular weight is 431 g/mol. The highest BCUT2D eigenvalue weighted by atomic mass is 19.3. The number of anilines is 1. The molecule has 6 nitrogen and oxygen atoms in total. The maximum Gasteiger partial charge on any atom is 0.320 e. The topological polar surface area (TPSA) is 62.2 Å². The lowest BCUT2D eigenvalue weighted by Gasteiger charge is -2.40. The summed E-state index contributed by atoms with van der Waals surface area (Å²) in [5.74, 6) is 1.34. The van der Waals surface area contributed by atoms with Gasteiger partial charge in [-0.25, -0.2) is 18.0 Å². The van der Waals surface area contributed by atoms with Crippen molar-refractivity contribution in [3.05, 3.63) is 47.0 Å². The summed E-state index contributed by atoms with van der Waals surface area (Å²) in [5, 5.41) is 9.19. The molecule has 1 aliphatic heterocycles. The number of nitrogens with one attached hydrogen (secondary N) is 2. The third-order valence-electron chi connectivity index (χ3n) is 5.35. The number of hydrogen-bond donors (Lipinski definition) is 2. The van der Waals surface area contributed by atoms with Gasteiger partial charge in [0.25, 0.3) is 5.92 Å². The van der Waals surface area contributed by atoms with Crippen LogP contribution in [0.2, 0.25) is 0 Å². The number of carbonyl (C=O) groups is 1. The number of urea groups is 1. The molecule has 0 bridgehead atoms. The van der Waals surface area contributed by atoms with Crippen molar-refractivity contribution in [2.24, 2.45) is 5.92 Å². The summed E-state index contributed by atoms with van der Waals surface area (Å²) in [6.45, 7) is 1.42. The number of benzene rings is 1. The number of alkyl halides is 2. The summed E-state index contributed by atoms with van der Waals surface area (Å²) in [6.07, 6.45) is 3.40. The van der Waals surface area contributed by atoms with E-state index in [1.807, 2.05) is 25.1 Å². The average Bonchev–Trinajstić information content (AvgIpc) is 3.39. The normalized spacial score (nSPS) is 20.5. The van der Waals surface area contributed by atoms with E-state index in [1.165, 1.54) is 6.07 Å². The van der Waals surface area contributed by atoms with E-state index < -0.39 is 23.3 Å². The van der Waals surface area contributed by atoms with Gasteiger partial charge in [0.2, 0.25) is 0 Å². The van der Waals surface area contributed by atoms with Crippen molar-refractivity contribution in [2.75, 3.05) is 19.4 Å². The molecule has 0 unspecified atom stereocenters. The van der Waals surface area contributed by atoms with Crippen LogP contribution < -0.4 is 10.6 Å². The molecule has 1 aromatic carbocycles. The van der Waals surface area contributed by atoms with Gasteiger partial charge in [0.05, 0.1) is 12.2 Å². The number of fused-ring (bicyclic) bond motifs is 1. The largest absolute Gasteiger partial charge is 0.320 e. The van der Waals surface area contributed by atoms with Crippen LogP contribution in [0.15, 0.2) is 24.4 Å². The Kier molecular flexibility index (Phi) is 5.21. The zero-order chi connectivity index (χ0) is 22.4. The summed E-state index contributed by atoms with van der Waals surface area (Å²) in [7, 11) is 3.83. The molecular weight excluding hydrogens is 407 g/mol. The molecule has 0 saturated heterocycles. The van der Waals surface area contributed by atoms with Gasteiger partial charge in [-0.05, 0) is 45.1 Å². The summed E-state index contributed by atoms with van der Waals surface area (Å²) in [4.78, 5) is 14.2. The second-order valence-electron chi connectivity index (χ2n) is 8.49. The molecule has 1 fully saturated rings. The van der Waals surface area contributed by atoms with Gasteiger partial charge < -0.3 is 15.5 Å². The summed E-state index contributed by atoms with van der Waals surface area (Å²) in [5.41, 5.74) is -1.21. The highest BCUT2D eigenvalue weighted by Crippen LogP contribution is 2.44. The Bertz CT molecular complexity index is 1080. The molecule has 1 atom stereocenters. The SMILES string of the molecule is CN(C)Cc1ccn(Cc2cc3c(cc2F)[C@@](C#CC2CC2)(C(C)(F)F)NC(=O)N3)n1. The lowest BCUT2D eigenvalue weighted by Crippen LogP contribution is -2.59. The van der Waals surface area contributed by atoms with E-state index in [-0.39, 0.29) is 29.3 Å². The van der Waals surface area contributed by atoms with Crippen LogP contribution in [0.4, 0.5) is 23.7 Å². The molecular formula is C22H24F3N5O. The fraction of sp³-hybridized carbons (Fsp3) is 0.455. The van der Waals surface area contributed by atoms with Crippen LogP contribution in [0.5, 0.6) is 0 Å². The Morgan fingerprint density at radius 1 is 1.35 bits per heavy atom. The minimum atomic E-state index is -3.43. The molecule has 0 radical (unpaired) electrons. The zero-order valence-corrected chi connectivity index (χ0v) is 17.6. The molecule has 2 aromatic rings. The third-order valence-corrected chi connectivity index (χ3v) is 5.35. The number of nitrogens with zero attached hydrogens (tertiary/aromatic N) is 3. The maximum absolute atomic E-state index is 15.0. The number of amides is 2. The van der Waals surface area contributed by atoms with E-state index in [0.717, 1.165) is 24.6 Å². The Balaban J connectivity index is 1.73. The van der Waals surface area contributed by atoms with Gasteiger partial charge in [-0.2, -0.15) is 5.10 Å². The lowest BCUT2D eigenvalue weighted by molar-refractivity contribution is -0.0465. The molecule has 1 aliphatic carbocycles. The van der Waals surface area contributed by atoms with Crippen LogP contribution in [-0.2, 0) is 18.6 Å². The van der Waals surface area contributed by atoms with Crippen molar-refractivity contribution < 1.29 is 18.0 Å². The molecule has 2 N–H and O–H groups in total. The molecule has 1 aromatic heterocycles. The third kappa shape index (κ3) is 4.26. The number of aromatic nitrogens is 2. The highest BCUT2D eigenvalue weighted by molar-refractivity contribution is 5.95. The van der Waals surface area contributed by atoms with Crippen molar-refractivity contribution in [3.63, 3.8) is 0 Å². The molecule has 2 amide bonds. The highest BCUT2D eigenvalue weighted by Gasteiger charge is 2.55. The Labute approximate surface area is 178 Å². The second kappa shape index (κ2) is 7.61. The van der Waals surface area contributed by atoms with Crippen LogP contribution in [0.25, 0.3) is 0 Å². The van der Waals surface area contributed by atoms with Gasteiger partial charge in [0.1, 0.15) is 5.82 Å². The van der Waals surface area contributed by atoms with Gasteiger partial charge in [-0.15, -0.1) is 0 Å². The minimum Gasteiger partial charge on any atom is -0.312 e. The summed E-state index contributed by atoms with van der Waals surface area (Å²) in [6, 6.07) is 3.46. The van der Waals surface area contributed by atoms with E-state index in [0.29, 0.717) is 13.5 Å². The van der Waals surface area contributed by atoms with Gasteiger partial charge >= 0.3 is 6.03 Å². The second-order valence-corrected chi connectivity index (χ2v) is 8.49. The monoisotopic (exact) mass is 431 g/mol. The minimum absolute atomic E-state index is 0.0368. The van der Waals surface area contributed by atoms with E-state index in [4.69, 9.17) is 0 Å². The molecule has 31 heavy (non-hydrogen) atoms. The summed E-state index contributed by atoms with van der Waals surface area (Å²) < 4.78 is 46.2. The van der Waals surface area contributed by atoms with E-state index in [1.54, 1.807) is 10.9 Å². The van der Waals surface area contributed by atoms with Gasteiger partial charge in [0.15, 0.2) is 5.54 Å². The number of carbonyl (C=O) groups excluding carboxylic acids is 1. The zero-order valence-electron chi connectivity index (χ0n) is 17.6. The van der Waals surface area contributed by atoms with Crippen molar-refractivity contribution in [1.29, 1.82) is 0 Å². The standard InChI is InChI=1S/C22H24F3N5O/c1-21(24,25)22(8-6-14-4-5-14)17-11-18(23)15(10-19(17)26-20(31)27-22)12-30-9-7-16(28-30)13-29(2)3/h7,9-11,14H,4-5,12-13H2,1-3H3,(H2,26,27,31)/t22-/m0/s1. The van der Waals surface area contributed by atoms with Crippen LogP contribution in [0, 0.1) is 23.6 Å². The Morgan fingerprint density at radius 3 is 2.74 bits per heavy atom. The predicted molar refractivity (Wildman–Crippen MR) is 110 cm³/mol. The Hall–Kier alpha value is -2.99. The molecule has 2 aliphatic rings. The van der Waals surface area contributed by atoms with Crippen molar-refractivity contribution in [1.82, 2.24) is 20.0 Å². The fourth-order valence-electron chi connectivity index (χ4n) is 3.61. The first-order chi connectivity index (χ1) is 14.6. The molecule has 0 spiro atoms. The lowest BCUT2D eigenvalue weighted by atomic mass is 9.81. The molecule has 9 heteroatoms. The predicted octanol–water partition coefficient (Wildman–Crippen LogP) is 3.53. The van der Waals surface area contributed by atoms with Crippen molar-refractivity contribution >= 4 is 11.7 Å². The fourth-order valence-corrected chi connectivity index (χ4v) is 3.61. The molecule has 1 saturated carbocycles. The molecule has 164 valence electrons. The van der Waals surface area contributed by atoms with Crippen LogP contribution in [0.3, 0.4) is 0 Å². The summed E-state index contributed by atoms with van der Waals surface area (Å²) >= 11 is 0. The van der Waals surface area contributed by atoms with Crippen LogP contribution in [0.1, 0.15) is 36.6 Å². The Morgan fingerprint density at radius 2 is 2.10 bits per heavy atom. The van der Waals surface area contributed by atoms with E-state index in [9.17, 15) is 13.6 Å². The number of rotatable bonds is 5. The molecule has 2 heterocycles. The van der Waals surface area contributed by atoms with Gasteiger partial charge in [-0.1, -0.05) is 11.8 Å². The first-order valence-corrected chi connectivity index (χ1v) is 10.1. The van der Waals surface area contributed by atoms with Crippen LogP contribution >= 0.6 is 0 Å². The van der Waals surface area contributed by atoms with E-state index >= 15 is 4.39 Å². The van der Waals surface area contributed by atoms with Crippen LogP contribution in [-0.4, -0.2) is 40.7 Å². The number of halogens is 3.